The summed E-state index contributed by atoms with van der Waals surface area (Å²) in [4.78, 5) is 11.3. The molecule has 0 aliphatic carbocycles. The zero-order valence-electron chi connectivity index (χ0n) is 16.0. The van der Waals surface area contributed by atoms with Gasteiger partial charge in [0.15, 0.2) is 0 Å². The maximum Gasteiger partial charge on any atom is 0.243 e. The second-order valence-electron chi connectivity index (χ2n) is 6.79. The van der Waals surface area contributed by atoms with Crippen LogP contribution in [0.3, 0.4) is 0 Å². The van der Waals surface area contributed by atoms with E-state index in [9.17, 15) is 21.6 Å². The Bertz CT molecular complexity index is 1070. The van der Waals surface area contributed by atoms with Crippen molar-refractivity contribution in [3.05, 3.63) is 54.1 Å². The molecule has 156 valence electrons. The Balaban J connectivity index is 1.65. The molecule has 2 N–H and O–H groups in total. The van der Waals surface area contributed by atoms with Crippen molar-refractivity contribution in [3.63, 3.8) is 0 Å². The summed E-state index contributed by atoms with van der Waals surface area (Å²) in [5.41, 5.74) is 1.15. The van der Waals surface area contributed by atoms with Gasteiger partial charge in [0.2, 0.25) is 26.0 Å². The number of hydrogen-bond acceptors (Lipinski definition) is 5. The van der Waals surface area contributed by atoms with Crippen LogP contribution >= 0.6 is 0 Å². The van der Waals surface area contributed by atoms with Crippen LogP contribution in [-0.4, -0.2) is 40.1 Å². The molecule has 0 radical (unpaired) electrons. The van der Waals surface area contributed by atoms with E-state index in [1.807, 2.05) is 0 Å². The van der Waals surface area contributed by atoms with Crippen LogP contribution in [0.1, 0.15) is 25.3 Å². The average molecular weight is 438 g/mol. The summed E-state index contributed by atoms with van der Waals surface area (Å²) in [6, 6.07) is 12.0. The topological polar surface area (TPSA) is 113 Å². The van der Waals surface area contributed by atoms with Crippen LogP contribution in [0.25, 0.3) is 0 Å². The van der Waals surface area contributed by atoms with Gasteiger partial charge >= 0.3 is 0 Å². The number of benzene rings is 2. The minimum absolute atomic E-state index is 0.0276. The van der Waals surface area contributed by atoms with Crippen LogP contribution < -0.4 is 10.0 Å². The molecule has 2 aromatic carbocycles. The van der Waals surface area contributed by atoms with Crippen LogP contribution in [0.15, 0.2) is 58.3 Å². The summed E-state index contributed by atoms with van der Waals surface area (Å²) >= 11 is 0. The average Bonchev–Trinajstić information content (AvgIpc) is 3.22. The number of hydrogen-bond donors (Lipinski definition) is 2. The summed E-state index contributed by atoms with van der Waals surface area (Å²) < 4.78 is 53.9. The quantitative estimate of drug-likeness (QED) is 0.687. The first-order valence-electron chi connectivity index (χ1n) is 9.15. The number of carbonyl (C=O) groups is 1. The van der Waals surface area contributed by atoms with Crippen molar-refractivity contribution < 1.29 is 21.6 Å². The van der Waals surface area contributed by atoms with Crippen molar-refractivity contribution >= 4 is 31.6 Å². The fraction of sp³-hybridized carbons (Fsp3) is 0.316. The molecule has 29 heavy (non-hydrogen) atoms. The number of amides is 1. The van der Waals surface area contributed by atoms with Crippen molar-refractivity contribution in [2.45, 2.75) is 36.1 Å². The molecule has 1 aliphatic heterocycles. The maximum atomic E-state index is 12.5. The van der Waals surface area contributed by atoms with Gasteiger partial charge in [0.25, 0.3) is 0 Å². The lowest BCUT2D eigenvalue weighted by molar-refractivity contribution is -0.114. The van der Waals surface area contributed by atoms with Crippen molar-refractivity contribution in [2.75, 3.05) is 18.4 Å². The molecule has 10 heteroatoms. The molecule has 0 atom stereocenters. The molecular formula is C19H23N3O5S2. The number of carbonyl (C=O) groups excluding carboxylic acids is 1. The van der Waals surface area contributed by atoms with Gasteiger partial charge in [-0.1, -0.05) is 12.1 Å². The Morgan fingerprint density at radius 2 is 1.45 bits per heavy atom. The van der Waals surface area contributed by atoms with Crippen molar-refractivity contribution in [3.8, 4) is 0 Å². The molecule has 1 aliphatic rings. The highest BCUT2D eigenvalue weighted by Crippen LogP contribution is 2.21. The number of anilines is 1. The van der Waals surface area contributed by atoms with E-state index in [-0.39, 0.29) is 22.2 Å². The lowest BCUT2D eigenvalue weighted by Crippen LogP contribution is -2.28. The molecule has 1 amide bonds. The van der Waals surface area contributed by atoms with Gasteiger partial charge in [0, 0.05) is 32.2 Å². The fourth-order valence-corrected chi connectivity index (χ4v) is 5.57. The van der Waals surface area contributed by atoms with Gasteiger partial charge in [-0.3, -0.25) is 4.79 Å². The van der Waals surface area contributed by atoms with Crippen molar-refractivity contribution in [2.24, 2.45) is 0 Å². The van der Waals surface area contributed by atoms with Crippen molar-refractivity contribution in [1.29, 1.82) is 0 Å². The standard InChI is InChI=1S/C19H23N3O5S2/c1-15(23)21-17-6-10-18(11-7-17)28(24,25)20-14-16-4-8-19(9-5-16)29(26,27)22-12-2-3-13-22/h4-11,20H,2-3,12-14H2,1H3,(H,21,23). The first-order valence-corrected chi connectivity index (χ1v) is 12.1. The lowest BCUT2D eigenvalue weighted by atomic mass is 10.2. The summed E-state index contributed by atoms with van der Waals surface area (Å²) in [5.74, 6) is -0.242. The normalized spacial score (nSPS) is 15.3. The molecule has 2 aromatic rings. The van der Waals surface area contributed by atoms with Gasteiger partial charge in [0.1, 0.15) is 0 Å². The number of nitrogens with zero attached hydrogens (tertiary/aromatic N) is 1. The smallest absolute Gasteiger partial charge is 0.243 e. The molecule has 0 aromatic heterocycles. The first kappa shape index (κ1) is 21.4. The molecule has 0 saturated carbocycles. The van der Waals surface area contributed by atoms with E-state index in [0.717, 1.165) is 12.8 Å². The van der Waals surface area contributed by atoms with E-state index in [1.54, 1.807) is 12.1 Å². The fourth-order valence-electron chi connectivity index (χ4n) is 3.04. The molecule has 0 spiro atoms. The van der Waals surface area contributed by atoms with E-state index in [1.165, 1.54) is 47.6 Å². The Morgan fingerprint density at radius 3 is 2.00 bits per heavy atom. The van der Waals surface area contributed by atoms with Crippen LogP contribution in [0.4, 0.5) is 5.69 Å². The number of nitrogens with one attached hydrogen (secondary N) is 2. The van der Waals surface area contributed by atoms with Gasteiger partial charge in [-0.05, 0) is 54.8 Å². The molecule has 3 rings (SSSR count). The minimum atomic E-state index is -3.74. The molecular weight excluding hydrogens is 414 g/mol. The summed E-state index contributed by atoms with van der Waals surface area (Å²) in [6.07, 6.45) is 1.73. The van der Waals surface area contributed by atoms with Gasteiger partial charge < -0.3 is 5.32 Å². The van der Waals surface area contributed by atoms with E-state index < -0.39 is 20.0 Å². The van der Waals surface area contributed by atoms with Crippen LogP contribution in [-0.2, 0) is 31.4 Å². The number of sulfonamides is 2. The van der Waals surface area contributed by atoms with E-state index in [4.69, 9.17) is 0 Å². The predicted molar refractivity (Wildman–Crippen MR) is 109 cm³/mol. The Morgan fingerprint density at radius 1 is 0.897 bits per heavy atom. The summed E-state index contributed by atoms with van der Waals surface area (Å²) in [7, 11) is -7.23. The highest BCUT2D eigenvalue weighted by molar-refractivity contribution is 7.89. The molecule has 0 unspecified atom stereocenters. The van der Waals surface area contributed by atoms with Gasteiger partial charge in [-0.15, -0.1) is 0 Å². The third-order valence-corrected chi connectivity index (χ3v) is 7.91. The SMILES string of the molecule is CC(=O)Nc1ccc(S(=O)(=O)NCc2ccc(S(=O)(=O)N3CCCC3)cc2)cc1. The molecule has 1 saturated heterocycles. The van der Waals surface area contributed by atoms with E-state index in [0.29, 0.717) is 24.3 Å². The first-order chi connectivity index (χ1) is 13.7. The summed E-state index contributed by atoms with van der Waals surface area (Å²) in [5, 5.41) is 2.57. The largest absolute Gasteiger partial charge is 0.326 e. The van der Waals surface area contributed by atoms with Crippen LogP contribution in [0.2, 0.25) is 0 Å². The van der Waals surface area contributed by atoms with Gasteiger partial charge in [-0.25, -0.2) is 21.6 Å². The Hall–Kier alpha value is -2.27. The highest BCUT2D eigenvalue weighted by atomic mass is 32.2. The Labute approximate surface area is 171 Å². The number of rotatable bonds is 7. The third kappa shape index (κ3) is 5.21. The Kier molecular flexibility index (Phi) is 6.37. The van der Waals surface area contributed by atoms with Crippen LogP contribution in [0, 0.1) is 0 Å². The monoisotopic (exact) mass is 437 g/mol. The third-order valence-electron chi connectivity index (χ3n) is 4.58. The second kappa shape index (κ2) is 8.62. The molecule has 8 nitrogen and oxygen atoms in total. The van der Waals surface area contributed by atoms with Crippen LogP contribution in [0.5, 0.6) is 0 Å². The predicted octanol–water partition coefficient (Wildman–Crippen LogP) is 1.91. The summed E-state index contributed by atoms with van der Waals surface area (Å²) in [6.45, 7) is 2.46. The molecule has 1 heterocycles. The van der Waals surface area contributed by atoms with Crippen molar-refractivity contribution in [1.82, 2.24) is 9.03 Å². The molecule has 1 fully saturated rings. The maximum absolute atomic E-state index is 12.5. The second-order valence-corrected chi connectivity index (χ2v) is 10.5. The van der Waals surface area contributed by atoms with Gasteiger partial charge in [-0.2, -0.15) is 4.31 Å². The zero-order chi connectivity index (χ0) is 21.1. The highest BCUT2D eigenvalue weighted by Gasteiger charge is 2.26. The minimum Gasteiger partial charge on any atom is -0.326 e. The zero-order valence-corrected chi connectivity index (χ0v) is 17.6. The van der Waals surface area contributed by atoms with E-state index in [2.05, 4.69) is 10.0 Å². The van der Waals surface area contributed by atoms with E-state index >= 15 is 0 Å². The lowest BCUT2D eigenvalue weighted by Gasteiger charge is -2.15. The van der Waals surface area contributed by atoms with Gasteiger partial charge in [0.05, 0.1) is 9.79 Å². The molecule has 0 bridgehead atoms.